The standard InChI is InChI=1S/C18H16F3N7/c19-18(20,21)15-5-8-24-17(26-15)28-11-9-27(10-12-28)16-23-7-4-14(25-16)13-3-1-2-6-22-13/h1-8H,9-12H2. The maximum atomic E-state index is 12.9. The number of anilines is 2. The molecular formula is C18H16F3N7. The van der Waals surface area contributed by atoms with Crippen LogP contribution in [-0.4, -0.2) is 51.1 Å². The molecule has 3 aromatic rings. The normalized spacial score (nSPS) is 15.0. The summed E-state index contributed by atoms with van der Waals surface area (Å²) in [7, 11) is 0. The molecule has 144 valence electrons. The van der Waals surface area contributed by atoms with Crippen LogP contribution in [0.5, 0.6) is 0 Å². The number of aromatic nitrogens is 5. The molecule has 0 radical (unpaired) electrons. The van der Waals surface area contributed by atoms with Crippen molar-refractivity contribution in [1.29, 1.82) is 0 Å². The van der Waals surface area contributed by atoms with Gasteiger partial charge < -0.3 is 9.80 Å². The van der Waals surface area contributed by atoms with E-state index in [1.165, 1.54) is 0 Å². The number of nitrogens with zero attached hydrogens (tertiary/aromatic N) is 7. The molecule has 1 fully saturated rings. The maximum absolute atomic E-state index is 12.9. The lowest BCUT2D eigenvalue weighted by atomic mass is 10.2. The molecule has 0 bridgehead atoms. The Morgan fingerprint density at radius 1 is 0.679 bits per heavy atom. The Morgan fingerprint density at radius 2 is 1.32 bits per heavy atom. The second kappa shape index (κ2) is 7.37. The Morgan fingerprint density at radius 3 is 1.93 bits per heavy atom. The summed E-state index contributed by atoms with van der Waals surface area (Å²) < 4.78 is 38.6. The van der Waals surface area contributed by atoms with Gasteiger partial charge in [-0.15, -0.1) is 0 Å². The highest BCUT2D eigenvalue weighted by atomic mass is 19.4. The molecule has 0 amide bonds. The van der Waals surface area contributed by atoms with Crippen LogP contribution < -0.4 is 9.80 Å². The van der Waals surface area contributed by atoms with E-state index < -0.39 is 11.9 Å². The lowest BCUT2D eigenvalue weighted by Gasteiger charge is -2.34. The third-order valence-electron chi connectivity index (χ3n) is 4.35. The van der Waals surface area contributed by atoms with Gasteiger partial charge in [-0.1, -0.05) is 6.07 Å². The Bertz CT molecular complexity index is 941. The number of alkyl halides is 3. The molecule has 7 nitrogen and oxygen atoms in total. The number of hydrogen-bond acceptors (Lipinski definition) is 7. The third-order valence-corrected chi connectivity index (χ3v) is 4.35. The highest BCUT2D eigenvalue weighted by Gasteiger charge is 2.33. The van der Waals surface area contributed by atoms with Gasteiger partial charge >= 0.3 is 6.18 Å². The second-order valence-corrected chi connectivity index (χ2v) is 6.17. The van der Waals surface area contributed by atoms with Crippen molar-refractivity contribution in [3.63, 3.8) is 0 Å². The van der Waals surface area contributed by atoms with Gasteiger partial charge in [-0.05, 0) is 24.3 Å². The van der Waals surface area contributed by atoms with Crippen LogP contribution in [0, 0.1) is 0 Å². The van der Waals surface area contributed by atoms with Crippen molar-refractivity contribution in [1.82, 2.24) is 24.9 Å². The second-order valence-electron chi connectivity index (χ2n) is 6.17. The zero-order chi connectivity index (χ0) is 19.6. The minimum Gasteiger partial charge on any atom is -0.337 e. The first kappa shape index (κ1) is 18.1. The molecule has 0 N–H and O–H groups in total. The quantitative estimate of drug-likeness (QED) is 0.684. The molecule has 4 heterocycles. The average molecular weight is 387 g/mol. The van der Waals surface area contributed by atoms with E-state index in [0.29, 0.717) is 37.8 Å². The number of rotatable bonds is 3. The van der Waals surface area contributed by atoms with Crippen LogP contribution in [0.25, 0.3) is 11.4 Å². The molecule has 0 unspecified atom stereocenters. The molecule has 3 aromatic heterocycles. The summed E-state index contributed by atoms with van der Waals surface area (Å²) in [4.78, 5) is 24.5. The molecule has 1 saturated heterocycles. The Labute approximate surface area is 158 Å². The van der Waals surface area contributed by atoms with Crippen LogP contribution in [0.4, 0.5) is 25.1 Å². The first-order valence-corrected chi connectivity index (χ1v) is 8.65. The number of pyridine rings is 1. The van der Waals surface area contributed by atoms with Gasteiger partial charge in [0, 0.05) is 44.8 Å². The fraction of sp³-hybridized carbons (Fsp3) is 0.278. The summed E-state index contributed by atoms with van der Waals surface area (Å²) in [5, 5.41) is 0. The van der Waals surface area contributed by atoms with E-state index in [1.54, 1.807) is 23.4 Å². The highest BCUT2D eigenvalue weighted by molar-refractivity contribution is 5.55. The minimum absolute atomic E-state index is 0.0811. The van der Waals surface area contributed by atoms with Gasteiger partial charge in [0.15, 0.2) is 0 Å². The van der Waals surface area contributed by atoms with E-state index in [9.17, 15) is 13.2 Å². The van der Waals surface area contributed by atoms with Crippen LogP contribution in [0.1, 0.15) is 5.69 Å². The molecule has 0 saturated carbocycles. The van der Waals surface area contributed by atoms with Gasteiger partial charge in [0.2, 0.25) is 11.9 Å². The molecule has 0 spiro atoms. The fourth-order valence-electron chi connectivity index (χ4n) is 2.92. The average Bonchev–Trinajstić information content (AvgIpc) is 2.74. The first-order chi connectivity index (χ1) is 13.5. The summed E-state index contributed by atoms with van der Waals surface area (Å²) in [5.41, 5.74) is 0.530. The van der Waals surface area contributed by atoms with E-state index in [1.807, 2.05) is 23.1 Å². The van der Waals surface area contributed by atoms with Crippen LogP contribution in [0.15, 0.2) is 48.9 Å². The summed E-state index contributed by atoms with van der Waals surface area (Å²) in [6.45, 7) is 2.04. The van der Waals surface area contributed by atoms with Crippen LogP contribution in [0.3, 0.4) is 0 Å². The number of hydrogen-bond donors (Lipinski definition) is 0. The molecule has 10 heteroatoms. The molecule has 4 rings (SSSR count). The topological polar surface area (TPSA) is 70.9 Å². The Kier molecular flexibility index (Phi) is 4.76. The lowest BCUT2D eigenvalue weighted by molar-refractivity contribution is -0.141. The summed E-state index contributed by atoms with van der Waals surface area (Å²) >= 11 is 0. The molecule has 1 aliphatic heterocycles. The van der Waals surface area contributed by atoms with E-state index in [4.69, 9.17) is 0 Å². The van der Waals surface area contributed by atoms with Crippen molar-refractivity contribution in [2.45, 2.75) is 6.18 Å². The van der Waals surface area contributed by atoms with Gasteiger partial charge in [0.1, 0.15) is 5.69 Å². The molecular weight excluding hydrogens is 371 g/mol. The van der Waals surface area contributed by atoms with Gasteiger partial charge in [0.25, 0.3) is 0 Å². The highest BCUT2D eigenvalue weighted by Crippen LogP contribution is 2.28. The molecule has 1 aliphatic rings. The molecule has 0 aliphatic carbocycles. The lowest BCUT2D eigenvalue weighted by Crippen LogP contribution is -2.47. The Hall–Kier alpha value is -3.30. The first-order valence-electron chi connectivity index (χ1n) is 8.65. The van der Waals surface area contributed by atoms with E-state index >= 15 is 0 Å². The number of piperazine rings is 1. The molecule has 28 heavy (non-hydrogen) atoms. The predicted molar refractivity (Wildman–Crippen MR) is 96.7 cm³/mol. The van der Waals surface area contributed by atoms with Crippen molar-refractivity contribution in [2.24, 2.45) is 0 Å². The van der Waals surface area contributed by atoms with Gasteiger partial charge in [0.05, 0.1) is 11.4 Å². The third kappa shape index (κ3) is 3.85. The predicted octanol–water partition coefficient (Wildman–Crippen LogP) is 2.67. The van der Waals surface area contributed by atoms with E-state index in [0.717, 1.165) is 18.0 Å². The number of halogens is 3. The zero-order valence-electron chi connectivity index (χ0n) is 14.7. The summed E-state index contributed by atoms with van der Waals surface area (Å²) in [6.07, 6.45) is 0.0236. The SMILES string of the molecule is FC(F)(F)c1ccnc(N2CCN(c3nccc(-c4ccccn4)n3)CC2)n1. The minimum atomic E-state index is -4.49. The van der Waals surface area contributed by atoms with Crippen LogP contribution in [0.2, 0.25) is 0 Å². The Balaban J connectivity index is 1.46. The van der Waals surface area contributed by atoms with E-state index in [2.05, 4.69) is 24.9 Å². The smallest absolute Gasteiger partial charge is 0.337 e. The maximum Gasteiger partial charge on any atom is 0.433 e. The zero-order valence-corrected chi connectivity index (χ0v) is 14.7. The van der Waals surface area contributed by atoms with Crippen LogP contribution >= 0.6 is 0 Å². The van der Waals surface area contributed by atoms with E-state index in [-0.39, 0.29) is 5.95 Å². The monoisotopic (exact) mass is 387 g/mol. The van der Waals surface area contributed by atoms with Crippen LogP contribution in [-0.2, 0) is 6.18 Å². The fourth-order valence-corrected chi connectivity index (χ4v) is 2.92. The van der Waals surface area contributed by atoms with Crippen molar-refractivity contribution in [2.75, 3.05) is 36.0 Å². The van der Waals surface area contributed by atoms with Crippen molar-refractivity contribution < 1.29 is 13.2 Å². The summed E-state index contributed by atoms with van der Waals surface area (Å²) in [5.74, 6) is 0.644. The molecule has 0 atom stereocenters. The van der Waals surface area contributed by atoms with Gasteiger partial charge in [-0.3, -0.25) is 4.98 Å². The summed E-state index contributed by atoms with van der Waals surface area (Å²) in [6, 6.07) is 8.25. The van der Waals surface area contributed by atoms with Gasteiger partial charge in [-0.25, -0.2) is 19.9 Å². The largest absolute Gasteiger partial charge is 0.433 e. The molecule has 0 aromatic carbocycles. The van der Waals surface area contributed by atoms with Crippen molar-refractivity contribution in [3.8, 4) is 11.4 Å². The van der Waals surface area contributed by atoms with Gasteiger partial charge in [-0.2, -0.15) is 13.2 Å². The van der Waals surface area contributed by atoms with Crippen molar-refractivity contribution >= 4 is 11.9 Å². The van der Waals surface area contributed by atoms with Crippen molar-refractivity contribution in [3.05, 3.63) is 54.6 Å².